The molecule has 0 N–H and O–H groups in total. The van der Waals surface area contributed by atoms with Crippen molar-refractivity contribution in [2.45, 2.75) is 0 Å². The summed E-state index contributed by atoms with van der Waals surface area (Å²) in [6.07, 6.45) is 3.46. The summed E-state index contributed by atoms with van der Waals surface area (Å²) in [6, 6.07) is 33.2. The van der Waals surface area contributed by atoms with E-state index in [9.17, 15) is 4.79 Å². The molecule has 4 nitrogen and oxygen atoms in total. The van der Waals surface area contributed by atoms with Crippen LogP contribution in [0.1, 0.15) is 0 Å². The molecule has 3 heterocycles. The third-order valence-corrected chi connectivity index (χ3v) is 4.88. The topological polar surface area (TPSA) is 56.0 Å². The van der Waals surface area contributed by atoms with Gasteiger partial charge in [0.2, 0.25) is 0 Å². The van der Waals surface area contributed by atoms with Gasteiger partial charge in [-0.25, -0.2) is 0 Å². The first-order valence-electron chi connectivity index (χ1n) is 9.80. The molecule has 0 amide bonds. The minimum Gasteiger partial charge on any atom is -0.496 e. The Bertz CT molecular complexity index is 1510. The second-order valence-electron chi connectivity index (χ2n) is 6.88. The molecule has 157 valence electrons. The predicted octanol–water partition coefficient (Wildman–Crippen LogP) is 5.84. The Morgan fingerprint density at radius 2 is 1.53 bits per heavy atom. The summed E-state index contributed by atoms with van der Waals surface area (Å²) in [5.74, 6) is 0. The van der Waals surface area contributed by atoms with Crippen LogP contribution in [0.2, 0.25) is 0 Å². The van der Waals surface area contributed by atoms with E-state index in [1.54, 1.807) is 24.4 Å². The van der Waals surface area contributed by atoms with Crippen LogP contribution >= 0.6 is 0 Å². The van der Waals surface area contributed by atoms with Crippen molar-refractivity contribution >= 4 is 32.6 Å². The predicted molar refractivity (Wildman–Crippen MR) is 123 cm³/mol. The van der Waals surface area contributed by atoms with Gasteiger partial charge in [0, 0.05) is 38.2 Å². The second-order valence-corrected chi connectivity index (χ2v) is 6.88. The Morgan fingerprint density at radius 1 is 0.750 bits per heavy atom. The van der Waals surface area contributed by atoms with Crippen molar-refractivity contribution in [3.05, 3.63) is 120 Å². The Labute approximate surface area is 197 Å². The van der Waals surface area contributed by atoms with Crippen molar-refractivity contribution in [3.63, 3.8) is 0 Å². The fourth-order valence-corrected chi connectivity index (χ4v) is 3.41. The second kappa shape index (κ2) is 9.65. The molecule has 0 fully saturated rings. The summed E-state index contributed by atoms with van der Waals surface area (Å²) in [5.41, 5.74) is 2.10. The number of nitrogens with zero attached hydrogens (tertiary/aromatic N) is 2. The number of pyridine rings is 2. The molecule has 5 heteroatoms. The van der Waals surface area contributed by atoms with E-state index >= 15 is 0 Å². The number of benzene rings is 3. The van der Waals surface area contributed by atoms with Gasteiger partial charge in [-0.3, -0.25) is 9.78 Å². The molecule has 1 radical (unpaired) electrons. The SMILES string of the molecule is O=c1oc2ccccc2[c-]c1-c1ccccn1.[Ir].[c-]1cccc2ccc3cccnc3c12. The molecular formula is C27H16IrN2O2-2. The number of fused-ring (bicyclic) bond motifs is 4. The molecule has 3 aromatic carbocycles. The zero-order chi connectivity index (χ0) is 21.0. The van der Waals surface area contributed by atoms with Gasteiger partial charge in [-0.15, -0.1) is 47.2 Å². The molecule has 0 aliphatic carbocycles. The molecule has 0 unspecified atom stereocenters. The maximum atomic E-state index is 11.8. The van der Waals surface area contributed by atoms with E-state index in [0.717, 1.165) is 16.3 Å². The number of hydrogen-bond acceptors (Lipinski definition) is 4. The first kappa shape index (κ1) is 21.6. The molecule has 6 rings (SSSR count). The summed E-state index contributed by atoms with van der Waals surface area (Å²) in [5, 5.41) is 4.24. The smallest absolute Gasteiger partial charge is 0.268 e. The largest absolute Gasteiger partial charge is 0.496 e. The van der Waals surface area contributed by atoms with Gasteiger partial charge in [-0.2, -0.15) is 0 Å². The Kier molecular flexibility index (Phi) is 6.50. The zero-order valence-corrected chi connectivity index (χ0v) is 19.2. The van der Waals surface area contributed by atoms with Gasteiger partial charge in [-0.1, -0.05) is 53.9 Å². The van der Waals surface area contributed by atoms with Gasteiger partial charge < -0.3 is 9.40 Å². The Morgan fingerprint density at radius 3 is 2.41 bits per heavy atom. The fraction of sp³-hybridized carbons (Fsp3) is 0. The van der Waals surface area contributed by atoms with Gasteiger partial charge in [0.1, 0.15) is 0 Å². The molecule has 0 saturated carbocycles. The monoisotopic (exact) mass is 593 g/mol. The van der Waals surface area contributed by atoms with Crippen LogP contribution < -0.4 is 5.63 Å². The number of aromatic nitrogens is 2. The van der Waals surface area contributed by atoms with E-state index in [2.05, 4.69) is 46.4 Å². The van der Waals surface area contributed by atoms with E-state index in [4.69, 9.17) is 4.42 Å². The van der Waals surface area contributed by atoms with Crippen LogP contribution in [-0.2, 0) is 20.1 Å². The standard InChI is InChI=1S/C14H8NO2.C13H8N.Ir/c16-14-11(12-6-3-4-8-15-12)9-10-5-1-2-7-13(10)17-14;1-2-6-12-10(4-1)7-8-11-5-3-9-14-13(11)12;/h1-8H;1-5,7-9H;/q2*-1;. The summed E-state index contributed by atoms with van der Waals surface area (Å²) >= 11 is 0. The van der Waals surface area contributed by atoms with Crippen LogP contribution in [0.15, 0.2) is 107 Å². The van der Waals surface area contributed by atoms with E-state index in [-0.39, 0.29) is 20.1 Å². The molecule has 32 heavy (non-hydrogen) atoms. The van der Waals surface area contributed by atoms with Crippen molar-refractivity contribution in [1.82, 2.24) is 9.97 Å². The third kappa shape index (κ3) is 4.35. The average Bonchev–Trinajstić information content (AvgIpc) is 2.84. The molecule has 0 atom stereocenters. The van der Waals surface area contributed by atoms with Gasteiger partial charge in [0.25, 0.3) is 5.63 Å². The maximum Gasteiger partial charge on any atom is 0.268 e. The number of rotatable bonds is 1. The first-order chi connectivity index (χ1) is 15.3. The Hall–Kier alpha value is -3.66. The average molecular weight is 593 g/mol. The van der Waals surface area contributed by atoms with Gasteiger partial charge in [-0.05, 0) is 28.6 Å². The minimum atomic E-state index is -0.414. The van der Waals surface area contributed by atoms with Gasteiger partial charge >= 0.3 is 0 Å². The number of hydrogen-bond donors (Lipinski definition) is 0. The summed E-state index contributed by atoms with van der Waals surface area (Å²) in [4.78, 5) is 20.3. The first-order valence-corrected chi connectivity index (χ1v) is 9.80. The van der Waals surface area contributed by atoms with Crippen LogP contribution in [0.25, 0.3) is 43.9 Å². The summed E-state index contributed by atoms with van der Waals surface area (Å²) in [6.45, 7) is 0. The van der Waals surface area contributed by atoms with Crippen molar-refractivity contribution < 1.29 is 24.5 Å². The van der Waals surface area contributed by atoms with Crippen molar-refractivity contribution in [1.29, 1.82) is 0 Å². The normalized spacial score (nSPS) is 10.4. The molecule has 0 saturated heterocycles. The molecule has 3 aromatic heterocycles. The number of para-hydroxylation sites is 1. The quantitative estimate of drug-likeness (QED) is 0.137. The molecular weight excluding hydrogens is 577 g/mol. The minimum absolute atomic E-state index is 0. The van der Waals surface area contributed by atoms with E-state index in [1.165, 1.54) is 10.8 Å². The zero-order valence-electron chi connectivity index (χ0n) is 16.8. The van der Waals surface area contributed by atoms with Crippen molar-refractivity contribution in [2.24, 2.45) is 0 Å². The van der Waals surface area contributed by atoms with Crippen LogP contribution in [0, 0.1) is 12.1 Å². The van der Waals surface area contributed by atoms with Crippen LogP contribution in [-0.4, -0.2) is 9.97 Å². The molecule has 6 aromatic rings. The van der Waals surface area contributed by atoms with E-state index in [1.807, 2.05) is 48.7 Å². The molecule has 0 bridgehead atoms. The Balaban J connectivity index is 0.000000151. The fourth-order valence-electron chi connectivity index (χ4n) is 3.41. The van der Waals surface area contributed by atoms with Crippen LogP contribution in [0.5, 0.6) is 0 Å². The summed E-state index contributed by atoms with van der Waals surface area (Å²) < 4.78 is 5.22. The third-order valence-electron chi connectivity index (χ3n) is 4.88. The van der Waals surface area contributed by atoms with Gasteiger partial charge in [0.05, 0.1) is 5.58 Å². The van der Waals surface area contributed by atoms with E-state index < -0.39 is 5.63 Å². The van der Waals surface area contributed by atoms with Crippen LogP contribution in [0.4, 0.5) is 0 Å². The van der Waals surface area contributed by atoms with E-state index in [0.29, 0.717) is 16.8 Å². The van der Waals surface area contributed by atoms with Crippen LogP contribution in [0.3, 0.4) is 0 Å². The molecule has 0 aliphatic rings. The van der Waals surface area contributed by atoms with Crippen molar-refractivity contribution in [3.8, 4) is 11.3 Å². The molecule has 0 spiro atoms. The van der Waals surface area contributed by atoms with Crippen molar-refractivity contribution in [2.75, 3.05) is 0 Å². The molecule has 0 aliphatic heterocycles. The maximum absolute atomic E-state index is 11.8. The van der Waals surface area contributed by atoms with Gasteiger partial charge in [0.15, 0.2) is 0 Å². The summed E-state index contributed by atoms with van der Waals surface area (Å²) in [7, 11) is 0.